The lowest BCUT2D eigenvalue weighted by atomic mass is 10.1. The van der Waals surface area contributed by atoms with Gasteiger partial charge < -0.3 is 4.74 Å². The molecule has 0 atom stereocenters. The van der Waals surface area contributed by atoms with Crippen molar-refractivity contribution in [3.8, 4) is 17.7 Å². The van der Waals surface area contributed by atoms with E-state index in [0.717, 1.165) is 11.1 Å². The third-order valence-corrected chi connectivity index (χ3v) is 2.85. The van der Waals surface area contributed by atoms with Crippen molar-refractivity contribution in [2.75, 3.05) is 0 Å². The van der Waals surface area contributed by atoms with E-state index < -0.39 is 4.92 Å². The zero-order valence-corrected chi connectivity index (χ0v) is 11.0. The Bertz CT molecular complexity index is 720. The van der Waals surface area contributed by atoms with E-state index in [1.54, 1.807) is 12.1 Å². The van der Waals surface area contributed by atoms with Gasteiger partial charge in [0.25, 0.3) is 0 Å². The van der Waals surface area contributed by atoms with E-state index in [0.29, 0.717) is 5.75 Å². The van der Waals surface area contributed by atoms with Gasteiger partial charge in [-0.2, -0.15) is 10.2 Å². The second kappa shape index (κ2) is 5.36. The summed E-state index contributed by atoms with van der Waals surface area (Å²) in [5.41, 5.74) is 1.59. The first-order chi connectivity index (χ1) is 9.51. The number of aromatic nitrogens is 1. The van der Waals surface area contributed by atoms with Crippen LogP contribution in [0.25, 0.3) is 0 Å². The summed E-state index contributed by atoms with van der Waals surface area (Å²) in [5, 5.41) is 19.6. The average molecular weight is 269 g/mol. The molecule has 2 rings (SSSR count). The molecule has 0 fully saturated rings. The van der Waals surface area contributed by atoms with Gasteiger partial charge in [-0.05, 0) is 37.1 Å². The summed E-state index contributed by atoms with van der Waals surface area (Å²) in [6.45, 7) is 3.93. The smallest absolute Gasteiger partial charge is 0.305 e. The fourth-order valence-electron chi connectivity index (χ4n) is 1.62. The number of nitrogens with zero attached hydrogens (tertiary/aromatic N) is 3. The van der Waals surface area contributed by atoms with E-state index in [1.165, 1.54) is 12.1 Å². The average Bonchev–Trinajstić information content (AvgIpc) is 2.42. The molecule has 0 saturated carbocycles. The Morgan fingerprint density at radius 3 is 2.60 bits per heavy atom. The second-order valence-corrected chi connectivity index (χ2v) is 4.23. The van der Waals surface area contributed by atoms with E-state index in [1.807, 2.05) is 26.0 Å². The normalized spacial score (nSPS) is 9.85. The Kier molecular flexibility index (Phi) is 3.62. The van der Waals surface area contributed by atoms with Gasteiger partial charge in [0.15, 0.2) is 0 Å². The molecule has 0 aliphatic heterocycles. The molecule has 0 aliphatic rings. The predicted octanol–water partition coefficient (Wildman–Crippen LogP) is 3.27. The molecular formula is C14H11N3O3. The summed E-state index contributed by atoms with van der Waals surface area (Å²) in [6, 6.07) is 9.79. The topological polar surface area (TPSA) is 89.0 Å². The van der Waals surface area contributed by atoms with E-state index in [-0.39, 0.29) is 17.3 Å². The van der Waals surface area contributed by atoms with Crippen LogP contribution in [0.1, 0.15) is 16.8 Å². The van der Waals surface area contributed by atoms with Crippen LogP contribution in [0.2, 0.25) is 0 Å². The van der Waals surface area contributed by atoms with E-state index in [9.17, 15) is 10.1 Å². The zero-order valence-electron chi connectivity index (χ0n) is 11.0. The first-order valence-corrected chi connectivity index (χ1v) is 5.82. The van der Waals surface area contributed by atoms with Crippen LogP contribution in [0.15, 0.2) is 30.3 Å². The molecule has 0 aliphatic carbocycles. The highest BCUT2D eigenvalue weighted by Crippen LogP contribution is 2.25. The number of hydrogen-bond donors (Lipinski definition) is 0. The first kappa shape index (κ1) is 13.5. The lowest BCUT2D eigenvalue weighted by molar-refractivity contribution is -0.385. The largest absolute Gasteiger partial charge is 0.439 e. The lowest BCUT2D eigenvalue weighted by Crippen LogP contribution is -1.97. The summed E-state index contributed by atoms with van der Waals surface area (Å²) in [6.07, 6.45) is 0. The van der Waals surface area contributed by atoms with Crippen LogP contribution in [0.5, 0.6) is 11.6 Å². The molecule has 0 N–H and O–H groups in total. The quantitative estimate of drug-likeness (QED) is 0.630. The van der Waals surface area contributed by atoms with Crippen molar-refractivity contribution in [3.63, 3.8) is 0 Å². The number of nitriles is 1. The van der Waals surface area contributed by atoms with Crippen LogP contribution in [-0.4, -0.2) is 9.91 Å². The van der Waals surface area contributed by atoms with Crippen molar-refractivity contribution in [2.45, 2.75) is 13.8 Å². The molecule has 0 radical (unpaired) electrons. The predicted molar refractivity (Wildman–Crippen MR) is 71.6 cm³/mol. The van der Waals surface area contributed by atoms with Crippen LogP contribution in [0.4, 0.5) is 5.69 Å². The molecule has 0 spiro atoms. The van der Waals surface area contributed by atoms with Gasteiger partial charge in [0, 0.05) is 12.1 Å². The highest BCUT2D eigenvalue weighted by Gasteiger charge is 2.16. The Hall–Kier alpha value is -2.94. The molecule has 1 aromatic heterocycles. The third-order valence-electron chi connectivity index (χ3n) is 2.85. The maximum atomic E-state index is 10.7. The van der Waals surface area contributed by atoms with Crippen molar-refractivity contribution >= 4 is 5.69 Å². The van der Waals surface area contributed by atoms with E-state index in [4.69, 9.17) is 10.00 Å². The van der Waals surface area contributed by atoms with Crippen molar-refractivity contribution in [2.24, 2.45) is 0 Å². The molecule has 0 bridgehead atoms. The van der Waals surface area contributed by atoms with Crippen molar-refractivity contribution < 1.29 is 9.66 Å². The Morgan fingerprint density at radius 2 is 2.00 bits per heavy atom. The van der Waals surface area contributed by atoms with Gasteiger partial charge in [-0.1, -0.05) is 6.07 Å². The van der Waals surface area contributed by atoms with Crippen LogP contribution in [-0.2, 0) is 0 Å². The van der Waals surface area contributed by atoms with Gasteiger partial charge in [-0.3, -0.25) is 10.1 Å². The number of nitro groups is 1. The molecule has 6 heteroatoms. The standard InChI is InChI=1S/C14H11N3O3/c1-9-3-4-11(7-10(9)2)20-14-6-5-13(17(18)19)12(8-15)16-14/h3-7H,1-2H3. The highest BCUT2D eigenvalue weighted by atomic mass is 16.6. The fraction of sp³-hybridized carbons (Fsp3) is 0.143. The highest BCUT2D eigenvalue weighted by molar-refractivity contribution is 5.46. The molecule has 1 aromatic carbocycles. The van der Waals surface area contributed by atoms with Crippen LogP contribution in [0, 0.1) is 35.3 Å². The summed E-state index contributed by atoms with van der Waals surface area (Å²) >= 11 is 0. The molecule has 2 aromatic rings. The molecule has 100 valence electrons. The molecule has 0 amide bonds. The minimum Gasteiger partial charge on any atom is -0.439 e. The number of ether oxygens (including phenoxy) is 1. The molecule has 0 unspecified atom stereocenters. The summed E-state index contributed by atoms with van der Waals surface area (Å²) in [7, 11) is 0. The molecule has 6 nitrogen and oxygen atoms in total. The van der Waals surface area contributed by atoms with Gasteiger partial charge in [0.05, 0.1) is 4.92 Å². The fourth-order valence-corrected chi connectivity index (χ4v) is 1.62. The number of hydrogen-bond acceptors (Lipinski definition) is 5. The van der Waals surface area contributed by atoms with Crippen molar-refractivity contribution in [1.82, 2.24) is 4.98 Å². The van der Waals surface area contributed by atoms with Gasteiger partial charge >= 0.3 is 5.69 Å². The molecule has 1 heterocycles. The van der Waals surface area contributed by atoms with Crippen molar-refractivity contribution in [1.29, 1.82) is 5.26 Å². The van der Waals surface area contributed by atoms with Crippen molar-refractivity contribution in [3.05, 3.63) is 57.3 Å². The second-order valence-electron chi connectivity index (χ2n) is 4.23. The lowest BCUT2D eigenvalue weighted by Gasteiger charge is -2.07. The van der Waals surface area contributed by atoms with Gasteiger partial charge in [0.1, 0.15) is 11.8 Å². The van der Waals surface area contributed by atoms with Crippen LogP contribution < -0.4 is 4.74 Å². The Labute approximate surface area is 115 Å². The third kappa shape index (κ3) is 2.72. The maximum absolute atomic E-state index is 10.7. The van der Waals surface area contributed by atoms with Crippen LogP contribution >= 0.6 is 0 Å². The van der Waals surface area contributed by atoms with Gasteiger partial charge in [0.2, 0.25) is 11.6 Å². The summed E-state index contributed by atoms with van der Waals surface area (Å²) in [5.74, 6) is 0.716. The number of pyridine rings is 1. The number of benzene rings is 1. The molecular weight excluding hydrogens is 258 g/mol. The number of rotatable bonds is 3. The Morgan fingerprint density at radius 1 is 1.25 bits per heavy atom. The number of aryl methyl sites for hydroxylation is 2. The monoisotopic (exact) mass is 269 g/mol. The van der Waals surface area contributed by atoms with Gasteiger partial charge in [-0.25, -0.2) is 0 Å². The SMILES string of the molecule is Cc1ccc(Oc2ccc([N+](=O)[O-])c(C#N)n2)cc1C. The molecule has 20 heavy (non-hydrogen) atoms. The van der Waals surface area contributed by atoms with E-state index >= 15 is 0 Å². The van der Waals surface area contributed by atoms with E-state index in [2.05, 4.69) is 4.98 Å². The zero-order chi connectivity index (χ0) is 14.7. The molecule has 0 saturated heterocycles. The van der Waals surface area contributed by atoms with Gasteiger partial charge in [-0.15, -0.1) is 0 Å². The summed E-state index contributed by atoms with van der Waals surface area (Å²) in [4.78, 5) is 13.9. The minimum absolute atomic E-state index is 0.149. The van der Waals surface area contributed by atoms with Crippen LogP contribution in [0.3, 0.4) is 0 Å². The first-order valence-electron chi connectivity index (χ1n) is 5.82. The summed E-state index contributed by atoms with van der Waals surface area (Å²) < 4.78 is 5.51. The maximum Gasteiger partial charge on any atom is 0.305 e. The Balaban J connectivity index is 2.32. The minimum atomic E-state index is -0.647.